The van der Waals surface area contributed by atoms with Crippen molar-refractivity contribution in [2.24, 2.45) is 5.92 Å². The van der Waals surface area contributed by atoms with Gasteiger partial charge in [-0.2, -0.15) is 4.31 Å². The fraction of sp³-hybridized carbons (Fsp3) is 0.579. The molecule has 1 atom stereocenters. The number of benzene rings is 1. The maximum Gasteiger partial charge on any atom is 0.251 e. The lowest BCUT2D eigenvalue weighted by molar-refractivity contribution is -0.124. The Morgan fingerprint density at radius 1 is 1.18 bits per heavy atom. The molecular weight excluding hydrogens is 382 g/mol. The monoisotopic (exact) mass is 409 g/mol. The fourth-order valence-corrected chi connectivity index (χ4v) is 4.47. The van der Waals surface area contributed by atoms with Crippen LogP contribution in [0.3, 0.4) is 0 Å². The summed E-state index contributed by atoms with van der Waals surface area (Å²) in [5.41, 5.74) is 0.208. The highest BCUT2D eigenvalue weighted by molar-refractivity contribution is 7.89. The fourth-order valence-electron chi connectivity index (χ4n) is 3.01. The van der Waals surface area contributed by atoms with Crippen molar-refractivity contribution in [1.82, 2.24) is 14.9 Å². The topological polar surface area (TPSA) is 105 Å². The van der Waals surface area contributed by atoms with Crippen LogP contribution in [0.2, 0.25) is 0 Å². The molecule has 1 saturated carbocycles. The molecule has 0 spiro atoms. The number of ether oxygens (including phenoxy) is 1. The molecule has 1 saturated heterocycles. The van der Waals surface area contributed by atoms with E-state index in [0.717, 1.165) is 12.8 Å². The number of amides is 2. The number of sulfonamides is 1. The Bertz CT molecular complexity index is 830. The van der Waals surface area contributed by atoms with Crippen LogP contribution in [0.25, 0.3) is 0 Å². The molecule has 1 aromatic rings. The van der Waals surface area contributed by atoms with Crippen LogP contribution in [0.4, 0.5) is 0 Å². The van der Waals surface area contributed by atoms with Crippen molar-refractivity contribution in [3.05, 3.63) is 29.8 Å². The molecule has 9 heteroatoms. The third kappa shape index (κ3) is 4.89. The second-order valence-corrected chi connectivity index (χ2v) is 9.46. The van der Waals surface area contributed by atoms with Gasteiger partial charge in [-0.25, -0.2) is 8.42 Å². The third-order valence-corrected chi connectivity index (χ3v) is 6.76. The molecule has 1 aromatic carbocycles. The lowest BCUT2D eigenvalue weighted by Crippen LogP contribution is -2.50. The molecule has 8 nitrogen and oxygen atoms in total. The molecule has 3 rings (SSSR count). The van der Waals surface area contributed by atoms with Gasteiger partial charge in [-0.15, -0.1) is 0 Å². The number of hydrogen-bond acceptors (Lipinski definition) is 5. The Morgan fingerprint density at radius 3 is 2.46 bits per heavy atom. The van der Waals surface area contributed by atoms with Crippen molar-refractivity contribution in [1.29, 1.82) is 0 Å². The minimum atomic E-state index is -3.69. The number of carbonyl (C=O) groups excluding carboxylic acids is 2. The number of nitrogens with zero attached hydrogens (tertiary/aromatic N) is 1. The van der Waals surface area contributed by atoms with E-state index in [1.807, 2.05) is 13.8 Å². The van der Waals surface area contributed by atoms with Gasteiger partial charge in [-0.3, -0.25) is 9.59 Å². The van der Waals surface area contributed by atoms with Crippen molar-refractivity contribution < 1.29 is 22.7 Å². The molecule has 1 aliphatic carbocycles. The molecular formula is C19H27N3O5S. The number of morpholine rings is 1. The van der Waals surface area contributed by atoms with Gasteiger partial charge in [0, 0.05) is 24.7 Å². The molecule has 1 aliphatic heterocycles. The third-order valence-electron chi connectivity index (χ3n) is 4.86. The van der Waals surface area contributed by atoms with Crippen LogP contribution in [0.15, 0.2) is 29.2 Å². The second kappa shape index (κ2) is 8.59. The first kappa shape index (κ1) is 20.8. The minimum Gasteiger partial charge on any atom is -0.379 e. The van der Waals surface area contributed by atoms with Gasteiger partial charge in [0.25, 0.3) is 5.91 Å². The maximum absolute atomic E-state index is 12.8. The van der Waals surface area contributed by atoms with Crippen molar-refractivity contribution in [3.63, 3.8) is 0 Å². The second-order valence-electron chi connectivity index (χ2n) is 7.52. The average Bonchev–Trinajstić information content (AvgIpc) is 3.50. The maximum atomic E-state index is 12.8. The molecule has 0 unspecified atom stereocenters. The van der Waals surface area contributed by atoms with Gasteiger partial charge < -0.3 is 15.4 Å². The standard InChI is InChI=1S/C19H27N3O5S/c1-13(2)17(19(24)20-15-6-7-15)21-18(23)14-4-3-5-16(12-14)28(25,26)22-8-10-27-11-9-22/h3-5,12-13,15,17H,6-11H2,1-2H3,(H,20,24)(H,21,23)/t17-/m0/s1. The number of carbonyl (C=O) groups is 2. The van der Waals surface area contributed by atoms with Crippen LogP contribution in [0.1, 0.15) is 37.0 Å². The highest BCUT2D eigenvalue weighted by atomic mass is 32.2. The van der Waals surface area contributed by atoms with Crippen LogP contribution < -0.4 is 10.6 Å². The Labute approximate surface area is 165 Å². The van der Waals surface area contributed by atoms with E-state index >= 15 is 0 Å². The van der Waals surface area contributed by atoms with Gasteiger partial charge in [0.1, 0.15) is 6.04 Å². The first-order valence-electron chi connectivity index (χ1n) is 9.58. The Hall–Kier alpha value is -1.97. The average molecular weight is 410 g/mol. The van der Waals surface area contributed by atoms with E-state index in [1.165, 1.54) is 22.5 Å². The van der Waals surface area contributed by atoms with Crippen LogP contribution in [-0.4, -0.2) is 62.9 Å². The van der Waals surface area contributed by atoms with E-state index in [1.54, 1.807) is 6.07 Å². The number of nitrogens with one attached hydrogen (secondary N) is 2. The normalized spacial score (nSPS) is 19.2. The van der Waals surface area contributed by atoms with E-state index in [0.29, 0.717) is 13.2 Å². The van der Waals surface area contributed by atoms with Crippen LogP contribution in [0, 0.1) is 5.92 Å². The summed E-state index contributed by atoms with van der Waals surface area (Å²) >= 11 is 0. The lowest BCUT2D eigenvalue weighted by atomic mass is 10.0. The zero-order valence-electron chi connectivity index (χ0n) is 16.2. The van der Waals surface area contributed by atoms with Gasteiger partial charge in [0.05, 0.1) is 18.1 Å². The lowest BCUT2D eigenvalue weighted by Gasteiger charge is -2.26. The van der Waals surface area contributed by atoms with E-state index < -0.39 is 22.0 Å². The van der Waals surface area contributed by atoms with Gasteiger partial charge in [0.2, 0.25) is 15.9 Å². The molecule has 28 heavy (non-hydrogen) atoms. The van der Waals surface area contributed by atoms with Crippen molar-refractivity contribution in [2.75, 3.05) is 26.3 Å². The van der Waals surface area contributed by atoms with Crippen molar-refractivity contribution >= 4 is 21.8 Å². The predicted molar refractivity (Wildman–Crippen MR) is 103 cm³/mol. The molecule has 2 fully saturated rings. The summed E-state index contributed by atoms with van der Waals surface area (Å²) in [6.45, 7) is 5.00. The Morgan fingerprint density at radius 2 is 1.86 bits per heavy atom. The van der Waals surface area contributed by atoms with Gasteiger partial charge in [-0.1, -0.05) is 19.9 Å². The summed E-state index contributed by atoms with van der Waals surface area (Å²) in [6, 6.07) is 5.44. The summed E-state index contributed by atoms with van der Waals surface area (Å²) in [7, 11) is -3.69. The van der Waals surface area contributed by atoms with Gasteiger partial charge in [-0.05, 0) is 37.0 Å². The zero-order chi connectivity index (χ0) is 20.3. The smallest absolute Gasteiger partial charge is 0.251 e. The molecule has 2 N–H and O–H groups in total. The zero-order valence-corrected chi connectivity index (χ0v) is 17.0. The van der Waals surface area contributed by atoms with E-state index in [2.05, 4.69) is 10.6 Å². The van der Waals surface area contributed by atoms with Gasteiger partial charge in [0.15, 0.2) is 0 Å². The van der Waals surface area contributed by atoms with Crippen molar-refractivity contribution in [2.45, 2.75) is 43.7 Å². The number of hydrogen-bond donors (Lipinski definition) is 2. The largest absolute Gasteiger partial charge is 0.379 e. The molecule has 0 bridgehead atoms. The summed E-state index contributed by atoms with van der Waals surface area (Å²) < 4.78 is 32.2. The molecule has 2 amide bonds. The van der Waals surface area contributed by atoms with E-state index in [-0.39, 0.29) is 41.4 Å². The van der Waals surface area contributed by atoms with E-state index in [4.69, 9.17) is 4.74 Å². The molecule has 154 valence electrons. The summed E-state index contributed by atoms with van der Waals surface area (Å²) in [5.74, 6) is -0.769. The molecule has 0 radical (unpaired) electrons. The first-order chi connectivity index (χ1) is 13.3. The molecule has 2 aliphatic rings. The van der Waals surface area contributed by atoms with Gasteiger partial charge >= 0.3 is 0 Å². The first-order valence-corrected chi connectivity index (χ1v) is 11.0. The molecule has 1 heterocycles. The highest BCUT2D eigenvalue weighted by Crippen LogP contribution is 2.20. The number of rotatable bonds is 7. The Balaban J connectivity index is 1.74. The quantitative estimate of drug-likeness (QED) is 0.691. The minimum absolute atomic E-state index is 0.0607. The van der Waals surface area contributed by atoms with Crippen LogP contribution in [0.5, 0.6) is 0 Å². The summed E-state index contributed by atoms with van der Waals surface area (Å²) in [6.07, 6.45) is 1.93. The molecule has 0 aromatic heterocycles. The Kier molecular flexibility index (Phi) is 6.36. The van der Waals surface area contributed by atoms with Crippen LogP contribution in [-0.2, 0) is 19.6 Å². The summed E-state index contributed by atoms with van der Waals surface area (Å²) in [4.78, 5) is 25.2. The van der Waals surface area contributed by atoms with Crippen LogP contribution >= 0.6 is 0 Å². The highest BCUT2D eigenvalue weighted by Gasteiger charge is 2.31. The van der Waals surface area contributed by atoms with E-state index in [9.17, 15) is 18.0 Å². The SMILES string of the molecule is CC(C)[C@H](NC(=O)c1cccc(S(=O)(=O)N2CCOCC2)c1)C(=O)NC1CC1. The predicted octanol–water partition coefficient (Wildman–Crippen LogP) is 0.741. The van der Waals surface area contributed by atoms with Crippen molar-refractivity contribution in [3.8, 4) is 0 Å². The summed E-state index contributed by atoms with van der Waals surface area (Å²) in [5, 5.41) is 5.65.